The summed E-state index contributed by atoms with van der Waals surface area (Å²) in [6.45, 7) is 18.4. The maximum absolute atomic E-state index is 5.41. The predicted octanol–water partition coefficient (Wildman–Crippen LogP) is 11.3. The summed E-state index contributed by atoms with van der Waals surface area (Å²) in [7, 11) is 1.72. The average molecular weight is 645 g/mol. The van der Waals surface area contributed by atoms with Crippen molar-refractivity contribution in [2.24, 2.45) is 0 Å². The molecule has 1 fully saturated rings. The topological polar surface area (TPSA) is 24.5 Å². The normalized spacial score (nSPS) is 16.5. The lowest BCUT2D eigenvalue weighted by Crippen LogP contribution is -2.31. The zero-order valence-corrected chi connectivity index (χ0v) is 30.9. The molecule has 3 rings (SSSR count). The Morgan fingerprint density at radius 3 is 2.57 bits per heavy atom. The van der Waals surface area contributed by atoms with E-state index in [9.17, 15) is 0 Å². The zero-order valence-electron chi connectivity index (χ0n) is 30.1. The fourth-order valence-electron chi connectivity index (χ4n) is 5.25. The molecular formula is C42H64N2OS. The highest BCUT2D eigenvalue weighted by Crippen LogP contribution is 2.32. The van der Waals surface area contributed by atoms with Crippen LogP contribution >= 0.6 is 11.9 Å². The molecule has 0 bridgehead atoms. The van der Waals surface area contributed by atoms with Crippen LogP contribution in [0.3, 0.4) is 0 Å². The van der Waals surface area contributed by atoms with Gasteiger partial charge in [-0.1, -0.05) is 110 Å². The van der Waals surface area contributed by atoms with Gasteiger partial charge in [-0.05, 0) is 121 Å². The molecule has 1 aromatic carbocycles. The van der Waals surface area contributed by atoms with Crippen LogP contribution in [0.15, 0.2) is 90.1 Å². The van der Waals surface area contributed by atoms with Gasteiger partial charge in [0, 0.05) is 19.3 Å². The first-order chi connectivity index (χ1) is 22.4. The smallest absolute Gasteiger partial charge is 0.136 e. The van der Waals surface area contributed by atoms with Gasteiger partial charge in [-0.25, -0.2) is 4.72 Å². The molecule has 0 radical (unpaired) electrons. The lowest BCUT2D eigenvalue weighted by molar-refractivity contribution is 0.135. The Morgan fingerprint density at radius 2 is 1.89 bits per heavy atom. The second-order valence-corrected chi connectivity index (χ2v) is 13.0. The molecule has 254 valence electrons. The Balaban J connectivity index is 0.000000379. The van der Waals surface area contributed by atoms with Gasteiger partial charge >= 0.3 is 0 Å². The third-order valence-corrected chi connectivity index (χ3v) is 9.10. The van der Waals surface area contributed by atoms with E-state index < -0.39 is 0 Å². The van der Waals surface area contributed by atoms with Gasteiger partial charge in [-0.3, -0.25) is 0 Å². The summed E-state index contributed by atoms with van der Waals surface area (Å²) in [5.41, 5.74) is 8.60. The van der Waals surface area contributed by atoms with Gasteiger partial charge in [0.1, 0.15) is 6.23 Å². The zero-order chi connectivity index (χ0) is 33.8. The van der Waals surface area contributed by atoms with E-state index in [1.165, 1.54) is 86.9 Å². The number of fused-ring (bicyclic) bond motifs is 1. The van der Waals surface area contributed by atoms with E-state index in [-0.39, 0.29) is 6.23 Å². The standard InChI is InChI=1S/C18H30N2OS.C15H18.C9H16/c1-4-5-10-17(2)11-12-18(21-3)19-22-16-9-15-20-13-7-6-8-14-20;1-3-7-14-12(2)8-6-10-13-9-4-5-11-15(13)14;1-4-6-7-8-9(3)5-2/h1,10-12,18-19H,5-9,13-16H2,2-3H3;3-5,9,11H,1,6-8,10H2,2H3;6-8H,4-5H2,1-3H3/b12-11+,17-10+;;7-6-,9-8-. The summed E-state index contributed by atoms with van der Waals surface area (Å²) < 4.78 is 8.75. The largest absolute Gasteiger partial charge is 0.362 e. The summed E-state index contributed by atoms with van der Waals surface area (Å²) in [5, 5.41) is 0. The number of terminal acetylenes is 1. The van der Waals surface area contributed by atoms with Gasteiger partial charge in [-0.2, -0.15) is 0 Å². The molecule has 1 aromatic rings. The quantitative estimate of drug-likeness (QED) is 0.0513. The molecule has 1 heterocycles. The van der Waals surface area contributed by atoms with Crippen LogP contribution in [0.5, 0.6) is 0 Å². The van der Waals surface area contributed by atoms with Crippen molar-refractivity contribution < 1.29 is 4.74 Å². The van der Waals surface area contributed by atoms with Crippen LogP contribution in [-0.4, -0.2) is 43.6 Å². The van der Waals surface area contributed by atoms with Crippen LogP contribution < -0.4 is 4.72 Å². The summed E-state index contributed by atoms with van der Waals surface area (Å²) in [4.78, 5) is 2.58. The maximum atomic E-state index is 5.41. The van der Waals surface area contributed by atoms with Gasteiger partial charge < -0.3 is 9.64 Å². The van der Waals surface area contributed by atoms with Crippen molar-refractivity contribution in [3.05, 3.63) is 101 Å². The minimum atomic E-state index is -0.0610. The number of methoxy groups -OCH3 is 1. The number of piperidine rings is 1. The van der Waals surface area contributed by atoms with Crippen molar-refractivity contribution >= 4 is 17.5 Å². The molecule has 3 nitrogen and oxygen atoms in total. The maximum Gasteiger partial charge on any atom is 0.136 e. The highest BCUT2D eigenvalue weighted by atomic mass is 32.2. The fourth-order valence-corrected chi connectivity index (χ4v) is 5.98. The number of aryl methyl sites for hydroxylation is 1. The number of ether oxygens (including phenoxy) is 1. The molecule has 0 saturated carbocycles. The Kier molecular flexibility index (Phi) is 24.8. The number of rotatable bonds is 15. The van der Waals surface area contributed by atoms with E-state index in [2.05, 4.69) is 92.3 Å². The molecular weight excluding hydrogens is 581 g/mol. The van der Waals surface area contributed by atoms with Crippen molar-refractivity contribution in [2.75, 3.05) is 32.5 Å². The van der Waals surface area contributed by atoms with Crippen LogP contribution in [0.2, 0.25) is 0 Å². The SMILES string of the molecule is C#CC/C=C(C)/C=C/C(NSCCCN1CCCCC1)OC.C=CCC1=C(C)CCCc2ccccc21.CC/C=C\C=C(\C)CC. The van der Waals surface area contributed by atoms with E-state index in [4.69, 9.17) is 11.2 Å². The number of nitrogens with zero attached hydrogens (tertiary/aromatic N) is 1. The molecule has 1 aliphatic heterocycles. The second-order valence-electron chi connectivity index (χ2n) is 12.1. The molecule has 0 spiro atoms. The van der Waals surface area contributed by atoms with E-state index in [1.807, 2.05) is 31.2 Å². The van der Waals surface area contributed by atoms with Gasteiger partial charge in [0.25, 0.3) is 0 Å². The van der Waals surface area contributed by atoms with Crippen LogP contribution in [0.25, 0.3) is 5.57 Å². The third-order valence-electron chi connectivity index (χ3n) is 8.21. The van der Waals surface area contributed by atoms with Crippen molar-refractivity contribution in [3.8, 4) is 12.3 Å². The van der Waals surface area contributed by atoms with Gasteiger partial charge in [0.2, 0.25) is 0 Å². The minimum absolute atomic E-state index is 0.0610. The Morgan fingerprint density at radius 1 is 1.13 bits per heavy atom. The summed E-state index contributed by atoms with van der Waals surface area (Å²) in [6.07, 6.45) is 32.8. The van der Waals surface area contributed by atoms with Crippen molar-refractivity contribution in [1.29, 1.82) is 0 Å². The number of hydrogen-bond donors (Lipinski definition) is 1. The molecule has 1 aliphatic carbocycles. The number of hydrogen-bond acceptors (Lipinski definition) is 4. The van der Waals surface area contributed by atoms with E-state index in [1.54, 1.807) is 24.6 Å². The Labute approximate surface area is 288 Å². The second kappa shape index (κ2) is 27.6. The van der Waals surface area contributed by atoms with Crippen molar-refractivity contribution in [3.63, 3.8) is 0 Å². The monoisotopic (exact) mass is 644 g/mol. The van der Waals surface area contributed by atoms with E-state index in [0.717, 1.165) is 30.6 Å². The average Bonchev–Trinajstić information content (AvgIpc) is 3.24. The first-order valence-corrected chi connectivity index (χ1v) is 18.5. The van der Waals surface area contributed by atoms with Crippen LogP contribution in [-0.2, 0) is 11.2 Å². The predicted molar refractivity (Wildman–Crippen MR) is 208 cm³/mol. The van der Waals surface area contributed by atoms with Crippen LogP contribution in [0.4, 0.5) is 0 Å². The number of benzene rings is 1. The lowest BCUT2D eigenvalue weighted by Gasteiger charge is -2.26. The third kappa shape index (κ3) is 19.2. The highest BCUT2D eigenvalue weighted by molar-refractivity contribution is 7.97. The first-order valence-electron chi connectivity index (χ1n) is 17.5. The Bertz CT molecular complexity index is 1160. The first kappa shape index (κ1) is 41.5. The lowest BCUT2D eigenvalue weighted by atomic mass is 9.95. The molecule has 0 aromatic heterocycles. The number of likely N-dealkylation sites (tertiary alicyclic amines) is 1. The molecule has 1 N–H and O–H groups in total. The fraction of sp³-hybridized carbons (Fsp3) is 0.524. The highest BCUT2D eigenvalue weighted by Gasteiger charge is 2.13. The molecule has 1 unspecified atom stereocenters. The molecule has 1 atom stereocenters. The molecule has 2 aliphatic rings. The summed E-state index contributed by atoms with van der Waals surface area (Å²) in [6, 6.07) is 8.80. The molecule has 1 saturated heterocycles. The molecule has 0 amide bonds. The summed E-state index contributed by atoms with van der Waals surface area (Å²) in [5.74, 6) is 3.72. The Hall–Kier alpha value is -2.55. The molecule has 4 heteroatoms. The van der Waals surface area contributed by atoms with Gasteiger partial charge in [-0.15, -0.1) is 18.9 Å². The van der Waals surface area contributed by atoms with Crippen LogP contribution in [0.1, 0.15) is 110 Å². The van der Waals surface area contributed by atoms with Crippen LogP contribution in [0, 0.1) is 12.3 Å². The van der Waals surface area contributed by atoms with Crippen molar-refractivity contribution in [2.45, 2.75) is 111 Å². The van der Waals surface area contributed by atoms with E-state index in [0.29, 0.717) is 6.42 Å². The van der Waals surface area contributed by atoms with Gasteiger partial charge in [0.05, 0.1) is 0 Å². The van der Waals surface area contributed by atoms with Gasteiger partial charge in [0.15, 0.2) is 0 Å². The summed E-state index contributed by atoms with van der Waals surface area (Å²) >= 11 is 1.74. The van der Waals surface area contributed by atoms with Crippen molar-refractivity contribution in [1.82, 2.24) is 9.62 Å². The number of nitrogens with one attached hydrogen (secondary N) is 1. The number of allylic oxidation sites excluding steroid dienone is 10. The minimum Gasteiger partial charge on any atom is -0.362 e. The van der Waals surface area contributed by atoms with E-state index >= 15 is 0 Å². The molecule has 46 heavy (non-hydrogen) atoms.